The van der Waals surface area contributed by atoms with Gasteiger partial charge in [0.2, 0.25) is 10.0 Å². The lowest BCUT2D eigenvalue weighted by Gasteiger charge is -2.11. The van der Waals surface area contributed by atoms with Gasteiger partial charge in [-0.15, -0.1) is 0 Å². The Labute approximate surface area is 127 Å². The highest BCUT2D eigenvalue weighted by Crippen LogP contribution is 2.17. The number of rotatable bonds is 7. The van der Waals surface area contributed by atoms with Gasteiger partial charge in [-0.2, -0.15) is 0 Å². The molecule has 1 unspecified atom stereocenters. The van der Waals surface area contributed by atoms with E-state index in [-0.39, 0.29) is 30.1 Å². The van der Waals surface area contributed by atoms with E-state index >= 15 is 0 Å². The van der Waals surface area contributed by atoms with E-state index in [2.05, 4.69) is 5.32 Å². The summed E-state index contributed by atoms with van der Waals surface area (Å²) in [6.45, 7) is 1.80. The maximum Gasteiger partial charge on any atom is 0.303 e. The molecular weight excluding hydrogens is 315 g/mol. The van der Waals surface area contributed by atoms with Crippen LogP contribution in [0.5, 0.6) is 0 Å². The summed E-state index contributed by atoms with van der Waals surface area (Å²) < 4.78 is 37.7. The maximum absolute atomic E-state index is 13.5. The monoisotopic (exact) mass is 332 g/mol. The number of carbonyl (C=O) groups excluding carboxylic acids is 1. The molecule has 0 aliphatic carbocycles. The third-order valence-electron chi connectivity index (χ3n) is 2.66. The van der Waals surface area contributed by atoms with Crippen LogP contribution in [0.25, 0.3) is 0 Å². The summed E-state index contributed by atoms with van der Waals surface area (Å²) in [4.78, 5) is 22.4. The van der Waals surface area contributed by atoms with Crippen molar-refractivity contribution in [2.75, 3.05) is 17.5 Å². The molecule has 0 saturated carbocycles. The molecule has 9 heteroatoms. The second kappa shape index (κ2) is 7.21. The average Bonchev–Trinajstić information content (AvgIpc) is 2.36. The van der Waals surface area contributed by atoms with Crippen molar-refractivity contribution in [3.8, 4) is 0 Å². The first-order valence-corrected chi connectivity index (χ1v) is 8.25. The predicted octanol–water partition coefficient (Wildman–Crippen LogP) is 1.04. The fraction of sp³-hybridized carbons (Fsp3) is 0.385. The van der Waals surface area contributed by atoms with Gasteiger partial charge in [-0.3, -0.25) is 14.3 Å². The zero-order valence-electron chi connectivity index (χ0n) is 12.1. The van der Waals surface area contributed by atoms with Crippen LogP contribution in [0.2, 0.25) is 0 Å². The largest absolute Gasteiger partial charge is 0.481 e. The first kappa shape index (κ1) is 17.9. The highest BCUT2D eigenvalue weighted by Gasteiger charge is 2.14. The summed E-state index contributed by atoms with van der Waals surface area (Å²) in [5.74, 6) is -2.59. The van der Waals surface area contributed by atoms with E-state index in [4.69, 9.17) is 5.11 Å². The Morgan fingerprint density at radius 1 is 1.36 bits per heavy atom. The van der Waals surface area contributed by atoms with Gasteiger partial charge >= 0.3 is 5.97 Å². The van der Waals surface area contributed by atoms with Gasteiger partial charge < -0.3 is 10.4 Å². The average molecular weight is 332 g/mol. The molecule has 1 amide bonds. The van der Waals surface area contributed by atoms with Gasteiger partial charge in [-0.05, 0) is 24.1 Å². The van der Waals surface area contributed by atoms with Gasteiger partial charge in [0.05, 0.1) is 11.9 Å². The van der Waals surface area contributed by atoms with Crippen LogP contribution in [0.3, 0.4) is 0 Å². The van der Waals surface area contributed by atoms with Crippen molar-refractivity contribution in [3.05, 3.63) is 29.6 Å². The lowest BCUT2D eigenvalue weighted by Crippen LogP contribution is -2.29. The topological polar surface area (TPSA) is 113 Å². The summed E-state index contributed by atoms with van der Waals surface area (Å²) in [5.41, 5.74) is -0.260. The van der Waals surface area contributed by atoms with Crippen LogP contribution < -0.4 is 10.0 Å². The molecule has 122 valence electrons. The number of aliphatic carboxylic acids is 1. The van der Waals surface area contributed by atoms with E-state index in [1.165, 1.54) is 6.07 Å². The lowest BCUT2D eigenvalue weighted by atomic mass is 10.1. The van der Waals surface area contributed by atoms with Crippen LogP contribution >= 0.6 is 0 Å². The molecule has 7 nitrogen and oxygen atoms in total. The molecule has 1 atom stereocenters. The highest BCUT2D eigenvalue weighted by atomic mass is 32.2. The Balaban J connectivity index is 2.78. The number of halogens is 1. The second-order valence-corrected chi connectivity index (χ2v) is 6.73. The van der Waals surface area contributed by atoms with E-state index in [0.717, 1.165) is 18.4 Å². The van der Waals surface area contributed by atoms with Crippen LogP contribution in [0.4, 0.5) is 10.1 Å². The maximum atomic E-state index is 13.5. The Morgan fingerprint density at radius 2 is 2.00 bits per heavy atom. The first-order valence-electron chi connectivity index (χ1n) is 6.36. The standard InChI is InChI=1S/C13H17FN2O5S/c1-8(5-12(17)18)7-15-13(19)9-3-4-10(14)11(6-9)16-22(2,20)21/h3-4,6,8,16H,5,7H2,1-2H3,(H,15,19)(H,17,18). The predicted molar refractivity (Wildman–Crippen MR) is 78.6 cm³/mol. The van der Waals surface area contributed by atoms with E-state index in [0.29, 0.717) is 0 Å². The van der Waals surface area contributed by atoms with Crippen LogP contribution in [0.15, 0.2) is 18.2 Å². The third kappa shape index (κ3) is 6.08. The summed E-state index contributed by atoms with van der Waals surface area (Å²) in [6.07, 6.45) is 0.775. The molecule has 0 fully saturated rings. The quantitative estimate of drug-likeness (QED) is 0.690. The number of carbonyl (C=O) groups is 2. The summed E-state index contributed by atoms with van der Waals surface area (Å²) >= 11 is 0. The molecule has 0 heterocycles. The van der Waals surface area contributed by atoms with Gasteiger partial charge in [-0.25, -0.2) is 12.8 Å². The highest BCUT2D eigenvalue weighted by molar-refractivity contribution is 7.92. The smallest absolute Gasteiger partial charge is 0.303 e. The minimum atomic E-state index is -3.67. The van der Waals surface area contributed by atoms with Crippen molar-refractivity contribution in [1.82, 2.24) is 5.32 Å². The zero-order valence-corrected chi connectivity index (χ0v) is 12.9. The molecule has 0 aliphatic rings. The van der Waals surface area contributed by atoms with Crippen molar-refractivity contribution >= 4 is 27.6 Å². The van der Waals surface area contributed by atoms with Crippen molar-refractivity contribution in [1.29, 1.82) is 0 Å². The van der Waals surface area contributed by atoms with Crippen molar-refractivity contribution < 1.29 is 27.5 Å². The minimum absolute atomic E-state index is 0.0649. The van der Waals surface area contributed by atoms with Crippen molar-refractivity contribution in [3.63, 3.8) is 0 Å². The number of nitrogens with one attached hydrogen (secondary N) is 2. The van der Waals surface area contributed by atoms with Crippen molar-refractivity contribution in [2.45, 2.75) is 13.3 Å². The van der Waals surface area contributed by atoms with Gasteiger partial charge in [0.15, 0.2) is 0 Å². The van der Waals surface area contributed by atoms with Gasteiger partial charge in [0.25, 0.3) is 5.91 Å². The molecule has 0 saturated heterocycles. The van der Waals surface area contributed by atoms with Gasteiger partial charge in [0.1, 0.15) is 5.82 Å². The number of carboxylic acids is 1. The molecule has 3 N–H and O–H groups in total. The molecule has 0 aromatic heterocycles. The van der Waals surface area contributed by atoms with E-state index in [9.17, 15) is 22.4 Å². The van der Waals surface area contributed by atoms with Crippen LogP contribution in [-0.2, 0) is 14.8 Å². The number of carboxylic acid groups (broad SMARTS) is 1. The number of amides is 1. The molecule has 1 aromatic carbocycles. The minimum Gasteiger partial charge on any atom is -0.481 e. The number of benzene rings is 1. The third-order valence-corrected chi connectivity index (χ3v) is 3.25. The number of hydrogen-bond donors (Lipinski definition) is 3. The number of sulfonamides is 1. The molecular formula is C13H17FN2O5S. The Bertz CT molecular complexity index is 675. The zero-order chi connectivity index (χ0) is 16.9. The van der Waals surface area contributed by atoms with E-state index in [1.807, 2.05) is 4.72 Å². The number of anilines is 1. The SMILES string of the molecule is CC(CNC(=O)c1ccc(F)c(NS(C)(=O)=O)c1)CC(=O)O. The normalized spacial score (nSPS) is 12.5. The lowest BCUT2D eigenvalue weighted by molar-refractivity contribution is -0.137. The molecule has 0 radical (unpaired) electrons. The van der Waals surface area contributed by atoms with Crippen LogP contribution in [0.1, 0.15) is 23.7 Å². The van der Waals surface area contributed by atoms with Crippen LogP contribution in [0, 0.1) is 11.7 Å². The Hall–Kier alpha value is -2.16. The van der Waals surface area contributed by atoms with Crippen LogP contribution in [-0.4, -0.2) is 38.2 Å². The van der Waals surface area contributed by atoms with Crippen molar-refractivity contribution in [2.24, 2.45) is 5.92 Å². The van der Waals surface area contributed by atoms with Gasteiger partial charge in [0, 0.05) is 18.5 Å². The molecule has 0 aliphatic heterocycles. The number of hydrogen-bond acceptors (Lipinski definition) is 4. The van der Waals surface area contributed by atoms with E-state index in [1.54, 1.807) is 6.92 Å². The van der Waals surface area contributed by atoms with Gasteiger partial charge in [-0.1, -0.05) is 6.92 Å². The first-order chi connectivity index (χ1) is 10.1. The Morgan fingerprint density at radius 3 is 2.55 bits per heavy atom. The summed E-state index contributed by atoms with van der Waals surface area (Å²) in [6, 6.07) is 3.26. The molecule has 1 aromatic rings. The second-order valence-electron chi connectivity index (χ2n) is 4.98. The van der Waals surface area contributed by atoms with E-state index < -0.39 is 27.7 Å². The molecule has 1 rings (SSSR count). The fourth-order valence-electron chi connectivity index (χ4n) is 1.68. The molecule has 0 spiro atoms. The molecule has 22 heavy (non-hydrogen) atoms. The molecule has 0 bridgehead atoms. The fourth-order valence-corrected chi connectivity index (χ4v) is 2.24. The summed E-state index contributed by atoms with van der Waals surface area (Å²) in [5, 5.41) is 11.1. The Kier molecular flexibility index (Phi) is 5.86. The summed E-state index contributed by atoms with van der Waals surface area (Å²) in [7, 11) is -3.67.